The van der Waals surface area contributed by atoms with Gasteiger partial charge in [0.2, 0.25) is 0 Å². The summed E-state index contributed by atoms with van der Waals surface area (Å²) in [6.45, 7) is 2.24. The number of nitrogens with two attached hydrogens (primary N) is 1. The van der Waals surface area contributed by atoms with E-state index in [1.807, 2.05) is 11.3 Å². The smallest absolute Gasteiger partial charge is 0.0390 e. The molecule has 1 nitrogen and oxygen atoms in total. The molecular weight excluding hydrogens is 226 g/mol. The van der Waals surface area contributed by atoms with Crippen molar-refractivity contribution in [1.29, 1.82) is 0 Å². The molecule has 0 saturated heterocycles. The zero-order chi connectivity index (χ0) is 12.1. The first-order valence-electron chi connectivity index (χ1n) is 6.55. The van der Waals surface area contributed by atoms with Gasteiger partial charge in [-0.05, 0) is 23.9 Å². The molecule has 92 valence electrons. The molecular formula is C15H21NS. The maximum absolute atomic E-state index is 6.25. The monoisotopic (exact) mass is 247 g/mol. The Balaban J connectivity index is 1.96. The lowest BCUT2D eigenvalue weighted by Crippen LogP contribution is -2.07. The molecule has 0 aliphatic rings. The van der Waals surface area contributed by atoms with Crippen LogP contribution in [0, 0.1) is 0 Å². The number of fused-ring (bicyclic) bond motifs is 1. The molecule has 2 aromatic rings. The Hall–Kier alpha value is -0.860. The van der Waals surface area contributed by atoms with Crippen LogP contribution in [0.3, 0.4) is 0 Å². The Morgan fingerprint density at radius 3 is 2.76 bits per heavy atom. The number of benzene rings is 1. The summed E-state index contributed by atoms with van der Waals surface area (Å²) in [5.41, 5.74) is 6.25. The third-order valence-corrected chi connectivity index (χ3v) is 4.43. The van der Waals surface area contributed by atoms with Crippen LogP contribution in [-0.2, 0) is 0 Å². The van der Waals surface area contributed by atoms with Gasteiger partial charge in [0.1, 0.15) is 0 Å². The highest BCUT2D eigenvalue weighted by Crippen LogP contribution is 2.30. The van der Waals surface area contributed by atoms with E-state index >= 15 is 0 Å². The lowest BCUT2D eigenvalue weighted by atomic mass is 10.1. The first-order valence-corrected chi connectivity index (χ1v) is 7.37. The van der Waals surface area contributed by atoms with E-state index in [0.29, 0.717) is 0 Å². The fourth-order valence-corrected chi connectivity index (χ4v) is 3.22. The third-order valence-electron chi connectivity index (χ3n) is 3.18. The number of rotatable bonds is 6. The summed E-state index contributed by atoms with van der Waals surface area (Å²) in [5, 5.41) is 1.33. The molecule has 0 fully saturated rings. The lowest BCUT2D eigenvalue weighted by Gasteiger charge is -2.08. The second-order valence-electron chi connectivity index (χ2n) is 4.64. The van der Waals surface area contributed by atoms with Crippen molar-refractivity contribution in [3.8, 4) is 0 Å². The quantitative estimate of drug-likeness (QED) is 0.724. The number of hydrogen-bond donors (Lipinski definition) is 1. The molecule has 1 heterocycles. The average Bonchev–Trinajstić information content (AvgIpc) is 2.78. The summed E-state index contributed by atoms with van der Waals surface area (Å²) in [6, 6.07) is 11.0. The Bertz CT molecular complexity index is 428. The van der Waals surface area contributed by atoms with E-state index in [0.717, 1.165) is 6.42 Å². The maximum atomic E-state index is 6.25. The predicted octanol–water partition coefficient (Wildman–Crippen LogP) is 4.87. The molecule has 2 heteroatoms. The van der Waals surface area contributed by atoms with Gasteiger partial charge in [-0.25, -0.2) is 0 Å². The first kappa shape index (κ1) is 12.6. The maximum Gasteiger partial charge on any atom is 0.0390 e. The number of thiophene rings is 1. The van der Waals surface area contributed by atoms with E-state index in [1.165, 1.54) is 40.6 Å². The normalized spacial score (nSPS) is 13.1. The molecule has 1 atom stereocenters. The Kier molecular flexibility index (Phi) is 4.57. The second-order valence-corrected chi connectivity index (χ2v) is 5.76. The van der Waals surface area contributed by atoms with Crippen molar-refractivity contribution in [2.24, 2.45) is 5.73 Å². The SMILES string of the molecule is CCCCCCC(N)c1cc2ccccc2s1. The van der Waals surface area contributed by atoms with Gasteiger partial charge in [-0.15, -0.1) is 11.3 Å². The molecule has 1 aromatic carbocycles. The first-order chi connectivity index (χ1) is 8.31. The molecule has 0 saturated carbocycles. The summed E-state index contributed by atoms with van der Waals surface area (Å²) in [7, 11) is 0. The summed E-state index contributed by atoms with van der Waals surface area (Å²) in [5.74, 6) is 0. The van der Waals surface area contributed by atoms with Gasteiger partial charge >= 0.3 is 0 Å². The van der Waals surface area contributed by atoms with Crippen LogP contribution >= 0.6 is 11.3 Å². The minimum absolute atomic E-state index is 0.226. The van der Waals surface area contributed by atoms with Crippen LogP contribution in [0.2, 0.25) is 0 Å². The molecule has 17 heavy (non-hydrogen) atoms. The van der Waals surface area contributed by atoms with E-state index in [9.17, 15) is 0 Å². The van der Waals surface area contributed by atoms with Crippen LogP contribution in [0.15, 0.2) is 30.3 Å². The molecule has 2 rings (SSSR count). The molecule has 2 N–H and O–H groups in total. The standard InChI is InChI=1S/C15H21NS/c1-2-3-4-5-9-13(16)15-11-12-8-6-7-10-14(12)17-15/h6-8,10-11,13H,2-5,9,16H2,1H3. The zero-order valence-corrected chi connectivity index (χ0v) is 11.3. The van der Waals surface area contributed by atoms with E-state index in [-0.39, 0.29) is 6.04 Å². The van der Waals surface area contributed by atoms with Crippen molar-refractivity contribution in [3.63, 3.8) is 0 Å². The highest BCUT2D eigenvalue weighted by Gasteiger charge is 2.09. The molecule has 0 bridgehead atoms. The van der Waals surface area contributed by atoms with Crippen molar-refractivity contribution in [3.05, 3.63) is 35.2 Å². The predicted molar refractivity (Wildman–Crippen MR) is 77.5 cm³/mol. The molecule has 0 radical (unpaired) electrons. The van der Waals surface area contributed by atoms with Crippen LogP contribution in [0.1, 0.15) is 49.9 Å². The molecule has 0 amide bonds. The van der Waals surface area contributed by atoms with Gasteiger partial charge in [-0.1, -0.05) is 50.8 Å². The fourth-order valence-electron chi connectivity index (χ4n) is 2.12. The van der Waals surface area contributed by atoms with Crippen molar-refractivity contribution >= 4 is 21.4 Å². The highest BCUT2D eigenvalue weighted by molar-refractivity contribution is 7.19. The van der Waals surface area contributed by atoms with E-state index < -0.39 is 0 Å². The summed E-state index contributed by atoms with van der Waals surface area (Å²) in [4.78, 5) is 1.34. The topological polar surface area (TPSA) is 26.0 Å². The van der Waals surface area contributed by atoms with E-state index in [4.69, 9.17) is 5.73 Å². The molecule has 0 spiro atoms. The van der Waals surface area contributed by atoms with Crippen molar-refractivity contribution in [2.75, 3.05) is 0 Å². The molecule has 1 unspecified atom stereocenters. The minimum atomic E-state index is 0.226. The average molecular weight is 247 g/mol. The summed E-state index contributed by atoms with van der Waals surface area (Å²) >= 11 is 1.84. The lowest BCUT2D eigenvalue weighted by molar-refractivity contribution is 0.571. The van der Waals surface area contributed by atoms with Gasteiger partial charge in [0.05, 0.1) is 0 Å². The van der Waals surface area contributed by atoms with Crippen LogP contribution in [-0.4, -0.2) is 0 Å². The number of unbranched alkanes of at least 4 members (excludes halogenated alkanes) is 3. The van der Waals surface area contributed by atoms with Gasteiger partial charge in [-0.3, -0.25) is 0 Å². The summed E-state index contributed by atoms with van der Waals surface area (Å²) < 4.78 is 1.35. The zero-order valence-electron chi connectivity index (χ0n) is 10.5. The van der Waals surface area contributed by atoms with Gasteiger partial charge in [0, 0.05) is 15.6 Å². The fraction of sp³-hybridized carbons (Fsp3) is 0.467. The minimum Gasteiger partial charge on any atom is -0.323 e. The van der Waals surface area contributed by atoms with E-state index in [2.05, 4.69) is 37.3 Å². The number of hydrogen-bond acceptors (Lipinski definition) is 2. The Labute approximate surface area is 108 Å². The molecule has 0 aliphatic heterocycles. The van der Waals surface area contributed by atoms with Crippen molar-refractivity contribution in [1.82, 2.24) is 0 Å². The van der Waals surface area contributed by atoms with Crippen molar-refractivity contribution < 1.29 is 0 Å². The van der Waals surface area contributed by atoms with Gasteiger partial charge < -0.3 is 5.73 Å². The Morgan fingerprint density at radius 1 is 1.18 bits per heavy atom. The summed E-state index contributed by atoms with van der Waals surface area (Å²) in [6.07, 6.45) is 6.31. The van der Waals surface area contributed by atoms with Gasteiger partial charge in [0.25, 0.3) is 0 Å². The largest absolute Gasteiger partial charge is 0.323 e. The van der Waals surface area contributed by atoms with Gasteiger partial charge in [0.15, 0.2) is 0 Å². The second kappa shape index (κ2) is 6.18. The van der Waals surface area contributed by atoms with Crippen molar-refractivity contribution in [2.45, 2.75) is 45.1 Å². The van der Waals surface area contributed by atoms with Crippen LogP contribution in [0.5, 0.6) is 0 Å². The van der Waals surface area contributed by atoms with Gasteiger partial charge in [-0.2, -0.15) is 0 Å². The molecule has 1 aromatic heterocycles. The van der Waals surface area contributed by atoms with E-state index in [1.54, 1.807) is 0 Å². The van der Waals surface area contributed by atoms with Crippen LogP contribution < -0.4 is 5.73 Å². The highest BCUT2D eigenvalue weighted by atomic mass is 32.1. The Morgan fingerprint density at radius 2 is 2.00 bits per heavy atom. The third kappa shape index (κ3) is 3.30. The molecule has 0 aliphatic carbocycles. The van der Waals surface area contributed by atoms with Crippen LogP contribution in [0.25, 0.3) is 10.1 Å². The van der Waals surface area contributed by atoms with Crippen LogP contribution in [0.4, 0.5) is 0 Å².